The van der Waals surface area contributed by atoms with Crippen LogP contribution in [0.1, 0.15) is 27.2 Å². The Labute approximate surface area is 85.1 Å². The van der Waals surface area contributed by atoms with Crippen molar-refractivity contribution < 1.29 is 4.74 Å². The summed E-state index contributed by atoms with van der Waals surface area (Å²) in [6, 6.07) is 0. The van der Waals surface area contributed by atoms with Crippen molar-refractivity contribution in [1.82, 2.24) is 9.55 Å². The minimum atomic E-state index is 0.327. The maximum Gasteiger partial charge on any atom is 0.141 e. The Balaban J connectivity index is 2.16. The lowest BCUT2D eigenvalue weighted by Gasteiger charge is -2.17. The zero-order valence-corrected chi connectivity index (χ0v) is 9.16. The summed E-state index contributed by atoms with van der Waals surface area (Å²) in [7, 11) is 0. The largest absolute Gasteiger partial charge is 0.382 e. The fourth-order valence-electron chi connectivity index (χ4n) is 0.996. The molecule has 1 rings (SSSR count). The number of nitrogens with zero attached hydrogens (tertiary/aromatic N) is 2. The highest BCUT2D eigenvalue weighted by Crippen LogP contribution is 2.17. The van der Waals surface area contributed by atoms with Crippen molar-refractivity contribution in [3.8, 4) is 0 Å². The van der Waals surface area contributed by atoms with Gasteiger partial charge in [-0.25, -0.2) is 4.98 Å². The molecule has 0 spiro atoms. The van der Waals surface area contributed by atoms with E-state index in [2.05, 4.69) is 25.8 Å². The number of ether oxygens (including phenoxy) is 1. The van der Waals surface area contributed by atoms with E-state index in [0.717, 1.165) is 13.0 Å². The molecule has 0 aromatic carbocycles. The summed E-state index contributed by atoms with van der Waals surface area (Å²) in [6.45, 7) is 7.89. The molecule has 0 atom stereocenters. The van der Waals surface area contributed by atoms with E-state index in [1.807, 2.05) is 4.57 Å². The summed E-state index contributed by atoms with van der Waals surface area (Å²) < 4.78 is 7.31. The molecular formula is C10H19N3O. The lowest BCUT2D eigenvalue weighted by atomic mass is 9.93. The lowest BCUT2D eigenvalue weighted by Crippen LogP contribution is -2.10. The van der Waals surface area contributed by atoms with Crippen molar-refractivity contribution >= 4 is 5.82 Å². The van der Waals surface area contributed by atoms with Crippen LogP contribution in [0.25, 0.3) is 0 Å². The Bertz CT molecular complexity index is 275. The first-order valence-electron chi connectivity index (χ1n) is 4.82. The number of aromatic nitrogens is 2. The van der Waals surface area contributed by atoms with Crippen molar-refractivity contribution in [3.05, 3.63) is 12.5 Å². The van der Waals surface area contributed by atoms with Gasteiger partial charge in [0, 0.05) is 12.8 Å². The number of rotatable bonds is 4. The fraction of sp³-hybridized carbons (Fsp3) is 0.700. The second kappa shape index (κ2) is 4.46. The number of imidazole rings is 1. The molecule has 0 aliphatic heterocycles. The Hall–Kier alpha value is -1.03. The van der Waals surface area contributed by atoms with Crippen LogP contribution >= 0.6 is 0 Å². The van der Waals surface area contributed by atoms with E-state index >= 15 is 0 Å². The van der Waals surface area contributed by atoms with Crippen LogP contribution in [0, 0.1) is 5.41 Å². The predicted molar refractivity (Wildman–Crippen MR) is 56.7 cm³/mol. The summed E-state index contributed by atoms with van der Waals surface area (Å²) in [5.74, 6) is 0.532. The van der Waals surface area contributed by atoms with Crippen molar-refractivity contribution in [1.29, 1.82) is 0 Å². The van der Waals surface area contributed by atoms with Gasteiger partial charge in [-0.3, -0.25) is 0 Å². The van der Waals surface area contributed by atoms with E-state index in [9.17, 15) is 0 Å². The molecule has 0 radical (unpaired) electrons. The Kier molecular flexibility index (Phi) is 3.52. The van der Waals surface area contributed by atoms with Crippen molar-refractivity contribution in [2.24, 2.45) is 5.41 Å². The standard InChI is InChI=1S/C10H19N3O/c1-10(2,3)4-5-14-8-13-6-9(11)12-7-13/h6-7H,4-5,8,11H2,1-3H3. The molecule has 0 bridgehead atoms. The summed E-state index contributed by atoms with van der Waals surface area (Å²) in [5.41, 5.74) is 5.79. The van der Waals surface area contributed by atoms with Gasteiger partial charge in [0.1, 0.15) is 12.5 Å². The van der Waals surface area contributed by atoms with Crippen LogP contribution < -0.4 is 5.73 Å². The summed E-state index contributed by atoms with van der Waals surface area (Å²) >= 11 is 0. The lowest BCUT2D eigenvalue weighted by molar-refractivity contribution is 0.0588. The molecule has 80 valence electrons. The van der Waals surface area contributed by atoms with E-state index in [1.165, 1.54) is 0 Å². The van der Waals surface area contributed by atoms with Gasteiger partial charge in [0.05, 0.1) is 6.33 Å². The molecule has 0 aliphatic rings. The molecule has 14 heavy (non-hydrogen) atoms. The molecule has 0 saturated heterocycles. The topological polar surface area (TPSA) is 53.1 Å². The van der Waals surface area contributed by atoms with E-state index in [1.54, 1.807) is 12.5 Å². The van der Waals surface area contributed by atoms with Gasteiger partial charge in [0.25, 0.3) is 0 Å². The zero-order chi connectivity index (χ0) is 10.6. The average molecular weight is 197 g/mol. The quantitative estimate of drug-likeness (QED) is 0.750. The number of anilines is 1. The maximum atomic E-state index is 5.48. The number of hydrogen-bond donors (Lipinski definition) is 1. The summed E-state index contributed by atoms with van der Waals surface area (Å²) in [5, 5.41) is 0. The maximum absolute atomic E-state index is 5.48. The van der Waals surface area contributed by atoms with Crippen molar-refractivity contribution in [2.45, 2.75) is 33.9 Å². The van der Waals surface area contributed by atoms with Crippen LogP contribution in [-0.4, -0.2) is 16.2 Å². The summed E-state index contributed by atoms with van der Waals surface area (Å²) in [4.78, 5) is 3.90. The first kappa shape index (κ1) is 11.0. The van der Waals surface area contributed by atoms with Crippen LogP contribution in [0.5, 0.6) is 0 Å². The van der Waals surface area contributed by atoms with Gasteiger partial charge in [-0.05, 0) is 11.8 Å². The normalized spacial score (nSPS) is 11.9. The average Bonchev–Trinajstić information content (AvgIpc) is 2.44. The minimum absolute atomic E-state index is 0.327. The molecule has 0 fully saturated rings. The molecule has 1 aromatic rings. The summed E-state index contributed by atoms with van der Waals surface area (Å²) in [6.07, 6.45) is 4.49. The van der Waals surface area contributed by atoms with Crippen molar-refractivity contribution in [2.75, 3.05) is 12.3 Å². The molecule has 4 nitrogen and oxygen atoms in total. The number of nitrogen functional groups attached to an aromatic ring is 1. The molecule has 1 heterocycles. The zero-order valence-electron chi connectivity index (χ0n) is 9.16. The van der Waals surface area contributed by atoms with E-state index in [4.69, 9.17) is 10.5 Å². The Morgan fingerprint density at radius 2 is 2.21 bits per heavy atom. The molecule has 4 heteroatoms. The predicted octanol–water partition coefficient (Wildman–Crippen LogP) is 1.88. The Morgan fingerprint density at radius 3 is 2.71 bits per heavy atom. The molecule has 0 saturated carbocycles. The highest BCUT2D eigenvalue weighted by molar-refractivity contribution is 5.22. The number of nitrogens with two attached hydrogens (primary N) is 1. The van der Waals surface area contributed by atoms with Crippen LogP contribution in [0.15, 0.2) is 12.5 Å². The van der Waals surface area contributed by atoms with Gasteiger partial charge in [-0.15, -0.1) is 0 Å². The van der Waals surface area contributed by atoms with Gasteiger partial charge in [0.2, 0.25) is 0 Å². The molecule has 2 N–H and O–H groups in total. The smallest absolute Gasteiger partial charge is 0.141 e. The van der Waals surface area contributed by atoms with E-state index in [-0.39, 0.29) is 0 Å². The monoisotopic (exact) mass is 197 g/mol. The molecule has 1 aromatic heterocycles. The molecule has 0 unspecified atom stereocenters. The third kappa shape index (κ3) is 4.28. The van der Waals surface area contributed by atoms with E-state index in [0.29, 0.717) is 18.0 Å². The Morgan fingerprint density at radius 1 is 1.50 bits per heavy atom. The highest BCUT2D eigenvalue weighted by Gasteiger charge is 2.09. The van der Waals surface area contributed by atoms with Gasteiger partial charge in [0.15, 0.2) is 0 Å². The molecule has 0 amide bonds. The molecular weight excluding hydrogens is 178 g/mol. The van der Waals surface area contributed by atoms with Gasteiger partial charge >= 0.3 is 0 Å². The van der Waals surface area contributed by atoms with Gasteiger partial charge in [-0.1, -0.05) is 20.8 Å². The third-order valence-corrected chi connectivity index (χ3v) is 1.89. The van der Waals surface area contributed by atoms with Crippen LogP contribution in [0.3, 0.4) is 0 Å². The second-order valence-electron chi connectivity index (χ2n) is 4.66. The number of hydrogen-bond acceptors (Lipinski definition) is 3. The first-order valence-corrected chi connectivity index (χ1v) is 4.82. The third-order valence-electron chi connectivity index (χ3n) is 1.89. The highest BCUT2D eigenvalue weighted by atomic mass is 16.5. The fourth-order valence-corrected chi connectivity index (χ4v) is 0.996. The first-order chi connectivity index (χ1) is 6.47. The second-order valence-corrected chi connectivity index (χ2v) is 4.66. The SMILES string of the molecule is CC(C)(C)CCOCn1cnc(N)c1. The van der Waals surface area contributed by atoms with Crippen LogP contribution in [-0.2, 0) is 11.5 Å². The van der Waals surface area contributed by atoms with E-state index < -0.39 is 0 Å². The van der Waals surface area contributed by atoms with Crippen LogP contribution in [0.2, 0.25) is 0 Å². The van der Waals surface area contributed by atoms with Crippen LogP contribution in [0.4, 0.5) is 5.82 Å². The van der Waals surface area contributed by atoms with Crippen molar-refractivity contribution in [3.63, 3.8) is 0 Å². The van der Waals surface area contributed by atoms with Gasteiger partial charge < -0.3 is 15.0 Å². The van der Waals surface area contributed by atoms with Gasteiger partial charge in [-0.2, -0.15) is 0 Å². The molecule has 0 aliphatic carbocycles. The minimum Gasteiger partial charge on any atom is -0.382 e.